The fourth-order valence-electron chi connectivity index (χ4n) is 1.85. The summed E-state index contributed by atoms with van der Waals surface area (Å²) in [4.78, 5) is 0. The lowest BCUT2D eigenvalue weighted by Crippen LogP contribution is -2.19. The zero-order valence-electron chi connectivity index (χ0n) is 9.01. The molecule has 2 nitrogen and oxygen atoms in total. The zero-order valence-corrected chi connectivity index (χ0v) is 10.6. The molecule has 1 fully saturated rings. The number of halogens is 2. The third-order valence-electron chi connectivity index (χ3n) is 2.71. The van der Waals surface area contributed by atoms with Crippen molar-refractivity contribution < 1.29 is 9.13 Å². The van der Waals surface area contributed by atoms with Gasteiger partial charge in [0.1, 0.15) is 6.10 Å². The first-order chi connectivity index (χ1) is 7.75. The van der Waals surface area contributed by atoms with Gasteiger partial charge in [-0.3, -0.25) is 0 Å². The molecule has 1 aliphatic heterocycles. The molecule has 1 aliphatic rings. The van der Waals surface area contributed by atoms with Crippen LogP contribution in [0.15, 0.2) is 22.7 Å². The fourth-order valence-corrected chi connectivity index (χ4v) is 2.19. The lowest BCUT2D eigenvalue weighted by molar-refractivity contribution is 0.179. The van der Waals surface area contributed by atoms with Crippen LogP contribution in [0.2, 0.25) is 0 Å². The Hall–Kier alpha value is -0.610. The molecule has 1 saturated heterocycles. The van der Waals surface area contributed by atoms with Gasteiger partial charge in [-0.15, -0.1) is 0 Å². The van der Waals surface area contributed by atoms with Crippen molar-refractivity contribution in [2.75, 3.05) is 13.1 Å². The number of nitrogens with one attached hydrogen (secondary N) is 1. The molecule has 0 amide bonds. The second-order valence-electron chi connectivity index (χ2n) is 4.00. The number of ether oxygens (including phenoxy) is 1. The average Bonchev–Trinajstić information content (AvgIpc) is 2.52. The Balaban J connectivity index is 2.04. The van der Waals surface area contributed by atoms with Gasteiger partial charge in [0.15, 0.2) is 11.6 Å². The van der Waals surface area contributed by atoms with Crippen molar-refractivity contribution in [2.45, 2.75) is 25.4 Å². The van der Waals surface area contributed by atoms with Crippen LogP contribution in [0.1, 0.15) is 19.3 Å². The SMILES string of the molecule is Fc1ccc(Br)cc1OC1CCCNCC1. The normalized spacial score (nSPS) is 21.5. The van der Waals surface area contributed by atoms with E-state index in [4.69, 9.17) is 4.74 Å². The van der Waals surface area contributed by atoms with Crippen LogP contribution in [0.25, 0.3) is 0 Å². The van der Waals surface area contributed by atoms with Crippen molar-refractivity contribution in [1.29, 1.82) is 0 Å². The van der Waals surface area contributed by atoms with Crippen LogP contribution in [0.5, 0.6) is 5.75 Å². The van der Waals surface area contributed by atoms with Crippen molar-refractivity contribution in [3.63, 3.8) is 0 Å². The Morgan fingerprint density at radius 1 is 1.31 bits per heavy atom. The Kier molecular flexibility index (Phi) is 4.18. The fraction of sp³-hybridized carbons (Fsp3) is 0.500. The molecule has 0 bridgehead atoms. The molecule has 0 spiro atoms. The van der Waals surface area contributed by atoms with Gasteiger partial charge in [-0.2, -0.15) is 0 Å². The molecule has 88 valence electrons. The molecule has 0 aromatic heterocycles. The second-order valence-corrected chi connectivity index (χ2v) is 4.91. The summed E-state index contributed by atoms with van der Waals surface area (Å²) in [6.07, 6.45) is 3.13. The Morgan fingerprint density at radius 2 is 2.19 bits per heavy atom. The van der Waals surface area contributed by atoms with Crippen LogP contribution in [-0.4, -0.2) is 19.2 Å². The summed E-state index contributed by atoms with van der Waals surface area (Å²) in [5.41, 5.74) is 0. The van der Waals surface area contributed by atoms with E-state index in [0.29, 0.717) is 5.75 Å². The summed E-state index contributed by atoms with van der Waals surface area (Å²) in [7, 11) is 0. The maximum atomic E-state index is 13.5. The molecule has 1 N–H and O–H groups in total. The lowest BCUT2D eigenvalue weighted by Gasteiger charge is -2.17. The van der Waals surface area contributed by atoms with E-state index in [1.165, 1.54) is 6.07 Å². The van der Waals surface area contributed by atoms with E-state index in [-0.39, 0.29) is 11.9 Å². The van der Waals surface area contributed by atoms with Crippen LogP contribution in [0, 0.1) is 5.82 Å². The predicted octanol–water partition coefficient (Wildman–Crippen LogP) is 3.11. The number of hydrogen-bond donors (Lipinski definition) is 1. The van der Waals surface area contributed by atoms with Crippen LogP contribution >= 0.6 is 15.9 Å². The summed E-state index contributed by atoms with van der Waals surface area (Å²) in [6, 6.07) is 4.79. The lowest BCUT2D eigenvalue weighted by atomic mass is 10.1. The van der Waals surface area contributed by atoms with Crippen molar-refractivity contribution in [2.24, 2.45) is 0 Å². The second kappa shape index (κ2) is 5.64. The highest BCUT2D eigenvalue weighted by Gasteiger charge is 2.15. The Bertz CT molecular complexity index is 351. The topological polar surface area (TPSA) is 21.3 Å². The van der Waals surface area contributed by atoms with E-state index < -0.39 is 0 Å². The van der Waals surface area contributed by atoms with Gasteiger partial charge in [0, 0.05) is 4.47 Å². The predicted molar refractivity (Wildman–Crippen MR) is 65.2 cm³/mol. The first-order valence-corrected chi connectivity index (χ1v) is 6.37. The molecule has 0 aliphatic carbocycles. The summed E-state index contributed by atoms with van der Waals surface area (Å²) >= 11 is 3.32. The minimum atomic E-state index is -0.291. The molecule has 2 rings (SSSR count). The summed E-state index contributed by atoms with van der Waals surface area (Å²) in [5.74, 6) is 0.0571. The standard InChI is InChI=1S/C12H15BrFNO/c13-9-3-4-11(14)12(8-9)16-10-2-1-6-15-7-5-10/h3-4,8,10,15H,1-2,5-7H2. The number of rotatable bonds is 2. The van der Waals surface area contributed by atoms with Gasteiger partial charge >= 0.3 is 0 Å². The molecular formula is C12H15BrFNO. The third kappa shape index (κ3) is 3.19. The Labute approximate surface area is 103 Å². The molecule has 1 heterocycles. The monoisotopic (exact) mass is 287 g/mol. The number of hydrogen-bond acceptors (Lipinski definition) is 2. The molecule has 0 radical (unpaired) electrons. The molecule has 1 unspecified atom stereocenters. The van der Waals surface area contributed by atoms with E-state index in [9.17, 15) is 4.39 Å². The van der Waals surface area contributed by atoms with Crippen molar-refractivity contribution in [3.05, 3.63) is 28.5 Å². The smallest absolute Gasteiger partial charge is 0.165 e. The maximum absolute atomic E-state index is 13.5. The molecule has 0 saturated carbocycles. The van der Waals surface area contributed by atoms with Crippen molar-refractivity contribution in [1.82, 2.24) is 5.32 Å². The van der Waals surface area contributed by atoms with Gasteiger partial charge in [0.2, 0.25) is 0 Å². The zero-order chi connectivity index (χ0) is 11.4. The summed E-state index contributed by atoms with van der Waals surface area (Å²) < 4.78 is 20.0. The van der Waals surface area contributed by atoms with Crippen LogP contribution in [-0.2, 0) is 0 Å². The minimum absolute atomic E-state index is 0.124. The van der Waals surface area contributed by atoms with E-state index in [2.05, 4.69) is 21.2 Å². The average molecular weight is 288 g/mol. The van der Waals surface area contributed by atoms with E-state index >= 15 is 0 Å². The van der Waals surface area contributed by atoms with Gasteiger partial charge in [0.25, 0.3) is 0 Å². The maximum Gasteiger partial charge on any atom is 0.165 e. The highest BCUT2D eigenvalue weighted by Crippen LogP contribution is 2.25. The molecule has 1 aromatic carbocycles. The molecule has 1 aromatic rings. The van der Waals surface area contributed by atoms with Crippen LogP contribution in [0.4, 0.5) is 4.39 Å². The highest BCUT2D eigenvalue weighted by molar-refractivity contribution is 9.10. The first kappa shape index (κ1) is 11.9. The third-order valence-corrected chi connectivity index (χ3v) is 3.20. The van der Waals surface area contributed by atoms with E-state index in [1.807, 2.05) is 0 Å². The van der Waals surface area contributed by atoms with Gasteiger partial charge < -0.3 is 10.1 Å². The summed E-state index contributed by atoms with van der Waals surface area (Å²) in [5, 5.41) is 3.31. The molecule has 1 atom stereocenters. The van der Waals surface area contributed by atoms with Gasteiger partial charge in [-0.05, 0) is 50.6 Å². The Morgan fingerprint density at radius 3 is 3.06 bits per heavy atom. The van der Waals surface area contributed by atoms with Crippen molar-refractivity contribution in [3.8, 4) is 5.75 Å². The highest BCUT2D eigenvalue weighted by atomic mass is 79.9. The van der Waals surface area contributed by atoms with E-state index in [0.717, 1.165) is 36.8 Å². The molecular weight excluding hydrogens is 273 g/mol. The quantitative estimate of drug-likeness (QED) is 0.903. The van der Waals surface area contributed by atoms with E-state index in [1.54, 1.807) is 12.1 Å². The minimum Gasteiger partial charge on any atom is -0.487 e. The first-order valence-electron chi connectivity index (χ1n) is 5.58. The number of benzene rings is 1. The molecule has 16 heavy (non-hydrogen) atoms. The van der Waals surface area contributed by atoms with Gasteiger partial charge in [-0.25, -0.2) is 4.39 Å². The molecule has 4 heteroatoms. The van der Waals surface area contributed by atoms with Crippen LogP contribution in [0.3, 0.4) is 0 Å². The van der Waals surface area contributed by atoms with Gasteiger partial charge in [-0.1, -0.05) is 15.9 Å². The largest absolute Gasteiger partial charge is 0.487 e. The van der Waals surface area contributed by atoms with Crippen LogP contribution < -0.4 is 10.1 Å². The van der Waals surface area contributed by atoms with Crippen molar-refractivity contribution >= 4 is 15.9 Å². The summed E-state index contributed by atoms with van der Waals surface area (Å²) in [6.45, 7) is 1.97. The van der Waals surface area contributed by atoms with Gasteiger partial charge in [0.05, 0.1) is 0 Å².